The van der Waals surface area contributed by atoms with Crippen LogP contribution in [0.25, 0.3) is 77.3 Å². The number of fused-ring (bicyclic) bond motifs is 6. The lowest BCUT2D eigenvalue weighted by atomic mass is 9.83. The maximum absolute atomic E-state index is 10.7. The number of nitriles is 3. The van der Waals surface area contributed by atoms with Gasteiger partial charge >= 0.3 is 0 Å². The van der Waals surface area contributed by atoms with Crippen molar-refractivity contribution in [1.29, 1.82) is 15.8 Å². The molecule has 5 nitrogen and oxygen atoms in total. The first-order valence-corrected chi connectivity index (χ1v) is 14.0. The third-order valence-electron chi connectivity index (χ3n) is 8.24. The van der Waals surface area contributed by atoms with Gasteiger partial charge in [-0.25, -0.2) is 0 Å². The number of hydrogen-bond acceptors (Lipinski definition) is 5. The lowest BCUT2D eigenvalue weighted by molar-refractivity contribution is 0.668. The normalized spacial score (nSPS) is 11.1. The second kappa shape index (κ2) is 9.74. The summed E-state index contributed by atoms with van der Waals surface area (Å²) in [4.78, 5) is 0. The van der Waals surface area contributed by atoms with Crippen LogP contribution in [0.4, 0.5) is 0 Å². The quantitative estimate of drug-likeness (QED) is 0.214. The third kappa shape index (κ3) is 3.70. The van der Waals surface area contributed by atoms with Crippen molar-refractivity contribution in [2.45, 2.75) is 0 Å². The standard InChI is InChI=1S/C39H19N3O2/c40-20-25-7-1-2-8-26(25)30-19-29(23-13-15-37-31(17-23)27-9-3-5-11-35(27)43-37)33(21-41)39(34(30)22-42)24-14-16-38-32(18-24)28-10-4-6-12-36(28)44-38/h1-19H. The summed E-state index contributed by atoms with van der Waals surface area (Å²) in [6.07, 6.45) is 0. The predicted molar refractivity (Wildman–Crippen MR) is 171 cm³/mol. The van der Waals surface area contributed by atoms with Gasteiger partial charge in [0, 0.05) is 43.8 Å². The molecule has 8 aromatic rings. The molecule has 0 fully saturated rings. The van der Waals surface area contributed by atoms with E-state index in [-0.39, 0.29) is 0 Å². The van der Waals surface area contributed by atoms with Crippen LogP contribution in [0.3, 0.4) is 0 Å². The van der Waals surface area contributed by atoms with E-state index in [2.05, 4.69) is 18.2 Å². The molecule has 0 aliphatic rings. The zero-order valence-corrected chi connectivity index (χ0v) is 23.1. The van der Waals surface area contributed by atoms with E-state index in [0.717, 1.165) is 49.4 Å². The first-order valence-electron chi connectivity index (χ1n) is 14.0. The van der Waals surface area contributed by atoms with Crippen molar-refractivity contribution in [3.63, 3.8) is 0 Å². The minimum atomic E-state index is 0.329. The lowest BCUT2D eigenvalue weighted by Crippen LogP contribution is -1.99. The van der Waals surface area contributed by atoms with E-state index in [4.69, 9.17) is 8.83 Å². The first-order chi connectivity index (χ1) is 21.7. The molecule has 0 unspecified atom stereocenters. The van der Waals surface area contributed by atoms with Crippen molar-refractivity contribution < 1.29 is 8.83 Å². The maximum atomic E-state index is 10.7. The van der Waals surface area contributed by atoms with E-state index < -0.39 is 0 Å². The summed E-state index contributed by atoms with van der Waals surface area (Å²) in [5, 5.41) is 35.2. The number of nitrogens with zero attached hydrogens (tertiary/aromatic N) is 3. The second-order valence-electron chi connectivity index (χ2n) is 10.6. The summed E-state index contributed by atoms with van der Waals surface area (Å²) >= 11 is 0. The number of rotatable bonds is 3. The molecule has 8 rings (SSSR count). The number of hydrogen-bond donors (Lipinski definition) is 0. The molecule has 0 atom stereocenters. The molecule has 0 aliphatic heterocycles. The zero-order valence-electron chi connectivity index (χ0n) is 23.1. The first kappa shape index (κ1) is 25.1. The molecule has 0 N–H and O–H groups in total. The second-order valence-corrected chi connectivity index (χ2v) is 10.6. The van der Waals surface area contributed by atoms with Crippen LogP contribution in [0.15, 0.2) is 124 Å². The topological polar surface area (TPSA) is 97.7 Å². The number of furan rings is 2. The molecular formula is C39H19N3O2. The lowest BCUT2D eigenvalue weighted by Gasteiger charge is -2.17. The van der Waals surface area contributed by atoms with E-state index >= 15 is 0 Å². The Hall–Kier alpha value is -6.61. The molecule has 0 amide bonds. The van der Waals surface area contributed by atoms with Crippen molar-refractivity contribution in [2.24, 2.45) is 0 Å². The minimum Gasteiger partial charge on any atom is -0.456 e. The molecule has 0 saturated heterocycles. The van der Waals surface area contributed by atoms with Crippen molar-refractivity contribution >= 4 is 43.9 Å². The molecule has 0 saturated carbocycles. The summed E-state index contributed by atoms with van der Waals surface area (Å²) in [6, 6.07) is 43.5. The van der Waals surface area contributed by atoms with Crippen LogP contribution >= 0.6 is 0 Å². The van der Waals surface area contributed by atoms with Crippen molar-refractivity contribution in [2.75, 3.05) is 0 Å². The molecule has 202 valence electrons. The van der Waals surface area contributed by atoms with Crippen LogP contribution in [-0.4, -0.2) is 0 Å². The summed E-state index contributed by atoms with van der Waals surface area (Å²) in [5.74, 6) is 0. The molecule has 0 spiro atoms. The van der Waals surface area contributed by atoms with Crippen LogP contribution in [0.1, 0.15) is 16.7 Å². The van der Waals surface area contributed by atoms with Gasteiger partial charge in [0.05, 0.1) is 22.8 Å². The SMILES string of the molecule is N#Cc1ccccc1-c1cc(-c2ccc3oc4ccccc4c3c2)c(C#N)c(-c2ccc3oc4ccccc4c3c2)c1C#N. The Labute approximate surface area is 251 Å². The average molecular weight is 562 g/mol. The van der Waals surface area contributed by atoms with E-state index in [0.29, 0.717) is 44.5 Å². The summed E-state index contributed by atoms with van der Waals surface area (Å²) in [5.41, 5.74) is 8.06. The molecule has 2 heterocycles. The smallest absolute Gasteiger partial charge is 0.135 e. The molecular weight excluding hydrogens is 542 g/mol. The summed E-state index contributed by atoms with van der Waals surface area (Å²) < 4.78 is 12.1. The van der Waals surface area contributed by atoms with Gasteiger partial charge in [-0.3, -0.25) is 0 Å². The van der Waals surface area contributed by atoms with Gasteiger partial charge in [0.2, 0.25) is 0 Å². The molecule has 0 radical (unpaired) electrons. The van der Waals surface area contributed by atoms with E-state index in [1.165, 1.54) is 0 Å². The van der Waals surface area contributed by atoms with Crippen LogP contribution in [0.5, 0.6) is 0 Å². The fraction of sp³-hybridized carbons (Fsp3) is 0. The van der Waals surface area contributed by atoms with Crippen molar-refractivity contribution in [3.05, 3.63) is 132 Å². The van der Waals surface area contributed by atoms with Gasteiger partial charge in [-0.15, -0.1) is 0 Å². The Balaban J connectivity index is 1.49. The molecule has 0 aliphatic carbocycles. The van der Waals surface area contributed by atoms with Crippen LogP contribution in [-0.2, 0) is 0 Å². The van der Waals surface area contributed by atoms with Gasteiger partial charge in [-0.2, -0.15) is 15.8 Å². The van der Waals surface area contributed by atoms with Crippen LogP contribution < -0.4 is 0 Å². The molecule has 44 heavy (non-hydrogen) atoms. The van der Waals surface area contributed by atoms with Gasteiger partial charge in [-0.1, -0.05) is 66.7 Å². The number of benzene rings is 6. The molecule has 2 aromatic heterocycles. The average Bonchev–Trinajstić information content (AvgIpc) is 3.64. The van der Waals surface area contributed by atoms with Crippen LogP contribution in [0.2, 0.25) is 0 Å². The monoisotopic (exact) mass is 561 g/mol. The zero-order chi connectivity index (χ0) is 29.8. The molecule has 6 aromatic carbocycles. The van der Waals surface area contributed by atoms with Gasteiger partial charge in [0.25, 0.3) is 0 Å². The summed E-state index contributed by atoms with van der Waals surface area (Å²) in [6.45, 7) is 0. The van der Waals surface area contributed by atoms with Crippen LogP contribution in [0, 0.1) is 34.0 Å². The van der Waals surface area contributed by atoms with Crippen molar-refractivity contribution in [3.8, 4) is 51.6 Å². The highest BCUT2D eigenvalue weighted by Gasteiger charge is 2.24. The highest BCUT2D eigenvalue weighted by Crippen LogP contribution is 2.44. The highest BCUT2D eigenvalue weighted by atomic mass is 16.3. The van der Waals surface area contributed by atoms with Gasteiger partial charge in [0.1, 0.15) is 34.5 Å². The number of para-hydroxylation sites is 2. The largest absolute Gasteiger partial charge is 0.456 e. The van der Waals surface area contributed by atoms with E-state index in [1.807, 2.05) is 103 Å². The Morgan fingerprint density at radius 2 is 0.932 bits per heavy atom. The van der Waals surface area contributed by atoms with Gasteiger partial charge in [-0.05, 0) is 59.7 Å². The summed E-state index contributed by atoms with van der Waals surface area (Å²) in [7, 11) is 0. The Morgan fingerprint density at radius 3 is 1.57 bits per heavy atom. The van der Waals surface area contributed by atoms with E-state index in [1.54, 1.807) is 12.1 Å². The Morgan fingerprint density at radius 1 is 0.409 bits per heavy atom. The van der Waals surface area contributed by atoms with Gasteiger partial charge in [0.15, 0.2) is 0 Å². The molecule has 5 heteroatoms. The third-order valence-corrected chi connectivity index (χ3v) is 8.24. The minimum absolute atomic E-state index is 0.329. The fourth-order valence-corrected chi connectivity index (χ4v) is 6.23. The maximum Gasteiger partial charge on any atom is 0.135 e. The van der Waals surface area contributed by atoms with Gasteiger partial charge < -0.3 is 8.83 Å². The van der Waals surface area contributed by atoms with E-state index in [9.17, 15) is 15.8 Å². The molecule has 0 bridgehead atoms. The predicted octanol–water partition coefficient (Wildman–Crippen LogP) is 10.1. The fourth-order valence-electron chi connectivity index (χ4n) is 6.23. The highest BCUT2D eigenvalue weighted by molar-refractivity contribution is 6.08. The van der Waals surface area contributed by atoms with Crippen molar-refractivity contribution in [1.82, 2.24) is 0 Å². The Bertz CT molecular complexity index is 2600. The Kier molecular flexibility index (Phi) is 5.56.